The maximum atomic E-state index is 14.0. The molecule has 1 heterocycles. The number of benzene rings is 2. The first-order valence-electron chi connectivity index (χ1n) is 7.24. The first-order valence-corrected chi connectivity index (χ1v) is 9.56. The lowest BCUT2D eigenvalue weighted by molar-refractivity contribution is 0.386. The van der Waals surface area contributed by atoms with E-state index in [9.17, 15) is 12.8 Å². The van der Waals surface area contributed by atoms with Crippen LogP contribution in [0.15, 0.2) is 47.4 Å². The van der Waals surface area contributed by atoms with Gasteiger partial charge in [0.15, 0.2) is 11.6 Å². The smallest absolute Gasteiger partial charge is 0.238 e. The van der Waals surface area contributed by atoms with Crippen LogP contribution in [0.25, 0.3) is 22.4 Å². The topological polar surface area (TPSA) is 82.3 Å². The van der Waals surface area contributed by atoms with Gasteiger partial charge in [0, 0.05) is 16.0 Å². The SMILES string of the molecule is COc1ccc(-c2nsc(C)c2-c2ccc(S(N)(=O)=O)cc2)cc1F. The highest BCUT2D eigenvalue weighted by Gasteiger charge is 2.17. The zero-order valence-corrected chi connectivity index (χ0v) is 15.1. The van der Waals surface area contributed by atoms with Crippen molar-refractivity contribution >= 4 is 21.6 Å². The molecule has 25 heavy (non-hydrogen) atoms. The van der Waals surface area contributed by atoms with Crippen LogP contribution in [0.3, 0.4) is 0 Å². The monoisotopic (exact) mass is 378 g/mol. The molecule has 0 atom stereocenters. The molecule has 0 aliphatic heterocycles. The summed E-state index contributed by atoms with van der Waals surface area (Å²) in [6.45, 7) is 1.91. The molecule has 0 bridgehead atoms. The van der Waals surface area contributed by atoms with Crippen molar-refractivity contribution in [2.75, 3.05) is 7.11 Å². The predicted molar refractivity (Wildman–Crippen MR) is 95.6 cm³/mol. The van der Waals surface area contributed by atoms with Crippen molar-refractivity contribution in [1.29, 1.82) is 0 Å². The molecule has 0 amide bonds. The number of ether oxygens (including phenoxy) is 1. The van der Waals surface area contributed by atoms with Gasteiger partial charge in [-0.1, -0.05) is 12.1 Å². The number of halogens is 1. The van der Waals surface area contributed by atoms with Crippen molar-refractivity contribution < 1.29 is 17.5 Å². The molecular formula is C17H15FN2O3S2. The van der Waals surface area contributed by atoms with Crippen LogP contribution in [-0.4, -0.2) is 19.9 Å². The molecule has 3 aromatic rings. The van der Waals surface area contributed by atoms with Gasteiger partial charge in [-0.15, -0.1) is 0 Å². The summed E-state index contributed by atoms with van der Waals surface area (Å²) in [7, 11) is -2.34. The average molecular weight is 378 g/mol. The molecule has 2 N–H and O–H groups in total. The van der Waals surface area contributed by atoms with Crippen LogP contribution in [0.4, 0.5) is 4.39 Å². The van der Waals surface area contributed by atoms with E-state index in [4.69, 9.17) is 9.88 Å². The number of primary sulfonamides is 1. The van der Waals surface area contributed by atoms with Gasteiger partial charge in [0.2, 0.25) is 10.0 Å². The Morgan fingerprint density at radius 2 is 1.76 bits per heavy atom. The summed E-state index contributed by atoms with van der Waals surface area (Å²) in [5, 5.41) is 5.13. The van der Waals surface area contributed by atoms with Crippen LogP contribution in [-0.2, 0) is 10.0 Å². The van der Waals surface area contributed by atoms with Crippen LogP contribution < -0.4 is 9.88 Å². The quantitative estimate of drug-likeness (QED) is 0.752. The van der Waals surface area contributed by atoms with Gasteiger partial charge in [-0.25, -0.2) is 17.9 Å². The van der Waals surface area contributed by atoms with E-state index in [0.29, 0.717) is 11.3 Å². The standard InChI is InChI=1S/C17H15FN2O3S2/c1-10-16(11-3-6-13(7-4-11)25(19,21)22)17(20-24-10)12-5-8-15(23-2)14(18)9-12/h3-9H,1-2H3,(H2,19,21,22). The van der Waals surface area contributed by atoms with Gasteiger partial charge >= 0.3 is 0 Å². The minimum absolute atomic E-state index is 0.0362. The number of sulfonamides is 1. The van der Waals surface area contributed by atoms with Crippen LogP contribution in [0.2, 0.25) is 0 Å². The molecule has 0 saturated carbocycles. The third-order valence-electron chi connectivity index (χ3n) is 3.76. The summed E-state index contributed by atoms with van der Waals surface area (Å²) >= 11 is 1.30. The lowest BCUT2D eigenvalue weighted by Gasteiger charge is -2.08. The number of nitrogens with two attached hydrogens (primary N) is 1. The first-order chi connectivity index (χ1) is 11.8. The van der Waals surface area contributed by atoms with Crippen LogP contribution in [0, 0.1) is 12.7 Å². The number of methoxy groups -OCH3 is 1. The fourth-order valence-electron chi connectivity index (χ4n) is 2.53. The Balaban J connectivity index is 2.10. The molecule has 5 nitrogen and oxygen atoms in total. The lowest BCUT2D eigenvalue weighted by Crippen LogP contribution is -2.11. The molecule has 0 saturated heterocycles. The predicted octanol–water partition coefficient (Wildman–Crippen LogP) is 3.58. The molecule has 130 valence electrons. The zero-order chi connectivity index (χ0) is 18.2. The number of rotatable bonds is 4. The van der Waals surface area contributed by atoms with Gasteiger partial charge in [0.25, 0.3) is 0 Å². The highest BCUT2D eigenvalue weighted by atomic mass is 32.2. The van der Waals surface area contributed by atoms with Crippen molar-refractivity contribution in [2.24, 2.45) is 5.14 Å². The van der Waals surface area contributed by atoms with Gasteiger partial charge < -0.3 is 4.74 Å². The number of aromatic nitrogens is 1. The Morgan fingerprint density at radius 1 is 1.12 bits per heavy atom. The number of hydrogen-bond acceptors (Lipinski definition) is 5. The minimum atomic E-state index is -3.75. The summed E-state index contributed by atoms with van der Waals surface area (Å²) < 4.78 is 46.2. The van der Waals surface area contributed by atoms with Crippen LogP contribution in [0.5, 0.6) is 5.75 Å². The second-order valence-electron chi connectivity index (χ2n) is 5.38. The van der Waals surface area contributed by atoms with Crippen molar-refractivity contribution in [3.8, 4) is 28.1 Å². The van der Waals surface area contributed by atoms with Gasteiger partial charge in [-0.3, -0.25) is 0 Å². The molecule has 2 aromatic carbocycles. The highest BCUT2D eigenvalue weighted by Crippen LogP contribution is 2.37. The van der Waals surface area contributed by atoms with E-state index in [0.717, 1.165) is 16.0 Å². The summed E-state index contributed by atoms with van der Waals surface area (Å²) in [5.74, 6) is -0.309. The second-order valence-corrected chi connectivity index (χ2v) is 7.92. The molecule has 0 radical (unpaired) electrons. The van der Waals surface area contributed by atoms with Crippen LogP contribution >= 0.6 is 11.5 Å². The molecule has 0 fully saturated rings. The Kier molecular flexibility index (Phi) is 4.59. The minimum Gasteiger partial charge on any atom is -0.494 e. The van der Waals surface area contributed by atoms with E-state index in [-0.39, 0.29) is 10.6 Å². The highest BCUT2D eigenvalue weighted by molar-refractivity contribution is 7.89. The summed E-state index contributed by atoms with van der Waals surface area (Å²) in [6.07, 6.45) is 0. The van der Waals surface area contributed by atoms with Crippen molar-refractivity contribution in [2.45, 2.75) is 11.8 Å². The Labute approximate surface area is 149 Å². The van der Waals surface area contributed by atoms with E-state index in [2.05, 4.69) is 4.37 Å². The van der Waals surface area contributed by atoms with Gasteiger partial charge in [0.1, 0.15) is 0 Å². The van der Waals surface area contributed by atoms with Crippen molar-refractivity contribution in [3.05, 3.63) is 53.2 Å². The van der Waals surface area contributed by atoms with E-state index in [1.807, 2.05) is 6.92 Å². The van der Waals surface area contributed by atoms with E-state index < -0.39 is 15.8 Å². The lowest BCUT2D eigenvalue weighted by atomic mass is 9.99. The largest absolute Gasteiger partial charge is 0.494 e. The van der Waals surface area contributed by atoms with Gasteiger partial charge in [0.05, 0.1) is 17.7 Å². The Bertz CT molecular complexity index is 1030. The second kappa shape index (κ2) is 6.55. The molecule has 0 unspecified atom stereocenters. The maximum Gasteiger partial charge on any atom is 0.238 e. The van der Waals surface area contributed by atoms with Crippen molar-refractivity contribution in [3.63, 3.8) is 0 Å². The summed E-state index contributed by atoms with van der Waals surface area (Å²) in [4.78, 5) is 0.976. The molecular weight excluding hydrogens is 363 g/mol. The van der Waals surface area contributed by atoms with Crippen LogP contribution in [0.1, 0.15) is 4.88 Å². The number of aryl methyl sites for hydroxylation is 1. The normalized spacial score (nSPS) is 11.5. The first kappa shape index (κ1) is 17.5. The summed E-state index contributed by atoms with van der Waals surface area (Å²) in [6, 6.07) is 10.9. The average Bonchev–Trinajstić information content (AvgIpc) is 2.95. The van der Waals surface area contributed by atoms with E-state index in [1.54, 1.807) is 24.3 Å². The Hall–Kier alpha value is -2.29. The molecule has 8 heteroatoms. The number of hydrogen-bond donors (Lipinski definition) is 1. The third kappa shape index (κ3) is 3.41. The molecule has 3 rings (SSSR count). The maximum absolute atomic E-state index is 14.0. The summed E-state index contributed by atoms with van der Waals surface area (Å²) in [5.41, 5.74) is 2.86. The molecule has 0 spiro atoms. The van der Waals surface area contributed by atoms with E-state index >= 15 is 0 Å². The molecule has 0 aliphatic rings. The van der Waals surface area contributed by atoms with Crippen molar-refractivity contribution in [1.82, 2.24) is 4.37 Å². The zero-order valence-electron chi connectivity index (χ0n) is 13.5. The van der Waals surface area contributed by atoms with E-state index in [1.165, 1.54) is 36.8 Å². The molecule has 1 aromatic heterocycles. The fourth-order valence-corrected chi connectivity index (χ4v) is 3.78. The van der Waals surface area contributed by atoms with Gasteiger partial charge in [-0.05, 0) is 54.4 Å². The molecule has 0 aliphatic carbocycles. The third-order valence-corrected chi connectivity index (χ3v) is 5.44. The fraction of sp³-hybridized carbons (Fsp3) is 0.118. The van der Waals surface area contributed by atoms with Gasteiger partial charge in [-0.2, -0.15) is 4.37 Å². The number of nitrogens with zero attached hydrogens (tertiary/aromatic N) is 1. The Morgan fingerprint density at radius 3 is 2.32 bits per heavy atom.